The van der Waals surface area contributed by atoms with E-state index in [0.29, 0.717) is 19.5 Å². The van der Waals surface area contributed by atoms with Crippen molar-refractivity contribution in [3.8, 4) is 0 Å². The first-order valence-electron chi connectivity index (χ1n) is 6.28. The summed E-state index contributed by atoms with van der Waals surface area (Å²) in [6.45, 7) is 1.06. The topological polar surface area (TPSA) is 115 Å². The molecule has 1 aromatic rings. The second-order valence-corrected chi connectivity index (χ2v) is 8.88. The van der Waals surface area contributed by atoms with Crippen molar-refractivity contribution in [1.29, 1.82) is 0 Å². The van der Waals surface area contributed by atoms with Gasteiger partial charge in [-0.15, -0.1) is 0 Å². The summed E-state index contributed by atoms with van der Waals surface area (Å²) < 4.78 is 50.1. The molecule has 0 radical (unpaired) electrons. The highest BCUT2D eigenvalue weighted by Crippen LogP contribution is 2.17. The molecule has 0 unspecified atom stereocenters. The molecule has 0 saturated carbocycles. The van der Waals surface area contributed by atoms with E-state index in [9.17, 15) is 16.8 Å². The molecule has 1 aliphatic rings. The van der Waals surface area contributed by atoms with Gasteiger partial charge >= 0.3 is 0 Å². The van der Waals surface area contributed by atoms with E-state index in [1.54, 1.807) is 0 Å². The summed E-state index contributed by atoms with van der Waals surface area (Å²) >= 11 is 0. The van der Waals surface area contributed by atoms with Crippen LogP contribution in [0.2, 0.25) is 0 Å². The van der Waals surface area contributed by atoms with Crippen LogP contribution in [0.3, 0.4) is 0 Å². The molecule has 1 fully saturated rings. The molecule has 1 aliphatic heterocycles. The molecule has 8 nitrogen and oxygen atoms in total. The number of nitrogens with zero attached hydrogens (tertiary/aromatic N) is 3. The Morgan fingerprint density at radius 2 is 1.95 bits per heavy atom. The predicted molar refractivity (Wildman–Crippen MR) is 73.3 cm³/mol. The number of rotatable bonds is 5. The van der Waals surface area contributed by atoms with Gasteiger partial charge in [0.25, 0.3) is 0 Å². The van der Waals surface area contributed by atoms with Gasteiger partial charge in [0.05, 0.1) is 17.7 Å². The fourth-order valence-corrected chi connectivity index (χ4v) is 4.77. The zero-order valence-electron chi connectivity index (χ0n) is 11.0. The van der Waals surface area contributed by atoms with Crippen LogP contribution in [0.15, 0.2) is 17.3 Å². The zero-order valence-corrected chi connectivity index (χ0v) is 12.6. The largest absolute Gasteiger partial charge is 0.330 e. The summed E-state index contributed by atoms with van der Waals surface area (Å²) in [7, 11) is -6.77. The molecule has 2 rings (SSSR count). The molecular weight excluding hydrogens is 304 g/mol. The van der Waals surface area contributed by atoms with Crippen LogP contribution < -0.4 is 5.73 Å². The zero-order chi connectivity index (χ0) is 14.8. The Morgan fingerprint density at radius 3 is 2.55 bits per heavy atom. The molecule has 0 amide bonds. The normalized spacial score (nSPS) is 20.1. The van der Waals surface area contributed by atoms with E-state index in [0.717, 1.165) is 0 Å². The molecule has 2 N–H and O–H groups in total. The Morgan fingerprint density at radius 1 is 1.30 bits per heavy atom. The number of aryl methyl sites for hydroxylation is 1. The number of sulfone groups is 1. The second kappa shape index (κ2) is 5.80. The van der Waals surface area contributed by atoms with Gasteiger partial charge in [-0.25, -0.2) is 16.8 Å². The van der Waals surface area contributed by atoms with Gasteiger partial charge in [-0.1, -0.05) is 0 Å². The van der Waals surface area contributed by atoms with E-state index in [-0.39, 0.29) is 29.5 Å². The standard InChI is InChI=1S/C10H18N4O4S2/c11-2-1-3-13-9-10(8-12-13)20(17,18)14-4-6-19(15,16)7-5-14/h8-9H,1-7,11H2. The average molecular weight is 322 g/mol. The summed E-state index contributed by atoms with van der Waals surface area (Å²) in [6, 6.07) is 0. The average Bonchev–Trinajstić information content (AvgIpc) is 2.85. The summed E-state index contributed by atoms with van der Waals surface area (Å²) in [4.78, 5) is 0.0915. The van der Waals surface area contributed by atoms with Crippen molar-refractivity contribution in [2.75, 3.05) is 31.1 Å². The van der Waals surface area contributed by atoms with Crippen molar-refractivity contribution in [3.05, 3.63) is 12.4 Å². The Bertz CT molecular complexity index is 651. The number of aromatic nitrogens is 2. The second-order valence-electron chi connectivity index (χ2n) is 4.64. The highest BCUT2D eigenvalue weighted by Gasteiger charge is 2.31. The quantitative estimate of drug-likeness (QED) is 0.717. The minimum atomic E-state index is -3.66. The van der Waals surface area contributed by atoms with Gasteiger partial charge in [-0.2, -0.15) is 9.40 Å². The first kappa shape index (κ1) is 15.4. The predicted octanol–water partition coefficient (Wildman–Crippen LogP) is -1.35. The molecule has 10 heteroatoms. The molecule has 0 spiro atoms. The van der Waals surface area contributed by atoms with Gasteiger partial charge in [0.15, 0.2) is 9.84 Å². The van der Waals surface area contributed by atoms with E-state index >= 15 is 0 Å². The molecule has 0 aromatic carbocycles. The summed E-state index contributed by atoms with van der Waals surface area (Å²) in [6.07, 6.45) is 3.45. The Hall–Kier alpha value is -0.970. The first-order chi connectivity index (χ1) is 9.35. The van der Waals surface area contributed by atoms with Crippen molar-refractivity contribution < 1.29 is 16.8 Å². The molecule has 2 heterocycles. The van der Waals surface area contributed by atoms with Crippen LogP contribution >= 0.6 is 0 Å². The van der Waals surface area contributed by atoms with E-state index in [2.05, 4.69) is 5.10 Å². The van der Waals surface area contributed by atoms with Crippen LogP contribution in [0, 0.1) is 0 Å². The Balaban J connectivity index is 2.12. The summed E-state index contributed by atoms with van der Waals surface area (Å²) in [5, 5.41) is 3.98. The van der Waals surface area contributed by atoms with Gasteiger partial charge in [0.2, 0.25) is 10.0 Å². The van der Waals surface area contributed by atoms with E-state index < -0.39 is 19.9 Å². The van der Waals surface area contributed by atoms with E-state index in [4.69, 9.17) is 5.73 Å². The molecule has 1 aromatic heterocycles. The number of sulfonamides is 1. The monoisotopic (exact) mass is 322 g/mol. The third-order valence-electron chi connectivity index (χ3n) is 3.14. The van der Waals surface area contributed by atoms with Gasteiger partial charge in [0, 0.05) is 25.8 Å². The van der Waals surface area contributed by atoms with Gasteiger partial charge in [-0.05, 0) is 13.0 Å². The van der Waals surface area contributed by atoms with Crippen molar-refractivity contribution in [2.24, 2.45) is 5.73 Å². The lowest BCUT2D eigenvalue weighted by molar-refractivity contribution is 0.430. The van der Waals surface area contributed by atoms with E-state index in [1.807, 2.05) is 0 Å². The van der Waals surface area contributed by atoms with Gasteiger partial charge in [0.1, 0.15) is 4.90 Å². The van der Waals surface area contributed by atoms with Gasteiger partial charge < -0.3 is 5.73 Å². The van der Waals surface area contributed by atoms with Crippen LogP contribution in [0.4, 0.5) is 0 Å². The van der Waals surface area contributed by atoms with E-state index in [1.165, 1.54) is 21.4 Å². The van der Waals surface area contributed by atoms with Crippen LogP contribution in [0.25, 0.3) is 0 Å². The Labute approximate surface area is 118 Å². The fraction of sp³-hybridized carbons (Fsp3) is 0.700. The number of hydrogen-bond acceptors (Lipinski definition) is 6. The molecule has 0 atom stereocenters. The molecule has 20 heavy (non-hydrogen) atoms. The smallest absolute Gasteiger partial charge is 0.246 e. The maximum absolute atomic E-state index is 12.3. The summed E-state index contributed by atoms with van der Waals surface area (Å²) in [5.74, 6) is -0.263. The number of hydrogen-bond donors (Lipinski definition) is 1. The van der Waals surface area contributed by atoms with Crippen molar-refractivity contribution in [2.45, 2.75) is 17.9 Å². The molecule has 0 bridgehead atoms. The van der Waals surface area contributed by atoms with Crippen LogP contribution in [0.1, 0.15) is 6.42 Å². The van der Waals surface area contributed by atoms with Crippen molar-refractivity contribution in [3.63, 3.8) is 0 Å². The molecule has 114 valence electrons. The fourth-order valence-electron chi connectivity index (χ4n) is 1.94. The van der Waals surface area contributed by atoms with Crippen LogP contribution in [-0.2, 0) is 26.4 Å². The van der Waals surface area contributed by atoms with Crippen LogP contribution in [0.5, 0.6) is 0 Å². The Kier molecular flexibility index (Phi) is 4.47. The number of nitrogens with two attached hydrogens (primary N) is 1. The minimum absolute atomic E-state index is 0.00134. The molecule has 1 saturated heterocycles. The lowest BCUT2D eigenvalue weighted by Gasteiger charge is -2.25. The highest BCUT2D eigenvalue weighted by molar-refractivity contribution is 7.92. The SMILES string of the molecule is NCCCn1cc(S(=O)(=O)N2CCS(=O)(=O)CC2)cn1. The highest BCUT2D eigenvalue weighted by atomic mass is 32.2. The van der Waals surface area contributed by atoms with Crippen molar-refractivity contribution in [1.82, 2.24) is 14.1 Å². The van der Waals surface area contributed by atoms with Crippen molar-refractivity contribution >= 4 is 19.9 Å². The van der Waals surface area contributed by atoms with Gasteiger partial charge in [-0.3, -0.25) is 4.68 Å². The molecule has 0 aliphatic carbocycles. The van der Waals surface area contributed by atoms with Crippen LogP contribution in [-0.4, -0.2) is 62.1 Å². The maximum Gasteiger partial charge on any atom is 0.246 e. The molecular formula is C10H18N4O4S2. The maximum atomic E-state index is 12.3. The lowest BCUT2D eigenvalue weighted by Crippen LogP contribution is -2.43. The third kappa shape index (κ3) is 3.37. The summed E-state index contributed by atoms with van der Waals surface area (Å²) in [5.41, 5.74) is 5.39. The third-order valence-corrected chi connectivity index (χ3v) is 6.60. The lowest BCUT2D eigenvalue weighted by atomic mass is 10.4. The first-order valence-corrected chi connectivity index (χ1v) is 9.54. The minimum Gasteiger partial charge on any atom is -0.330 e.